The highest BCUT2D eigenvalue weighted by Gasteiger charge is 2.17. The number of rotatable bonds is 5. The van der Waals surface area contributed by atoms with Crippen LogP contribution in [0, 0.1) is 5.92 Å². The Morgan fingerprint density at radius 1 is 1.14 bits per heavy atom. The normalized spacial score (nSPS) is 22.1. The highest BCUT2D eigenvalue weighted by Crippen LogP contribution is 2.20. The van der Waals surface area contributed by atoms with E-state index in [4.69, 9.17) is 10.5 Å². The predicted molar refractivity (Wildman–Crippen MR) is 99.3 cm³/mol. The first-order valence-electron chi connectivity index (χ1n) is 8.42. The Labute approximate surface area is 146 Å². The largest absolute Gasteiger partial charge is 0.378 e. The fourth-order valence-electron chi connectivity index (χ4n) is 3.08. The lowest BCUT2D eigenvalue weighted by Gasteiger charge is -2.31. The number of guanidine groups is 1. The summed E-state index contributed by atoms with van der Waals surface area (Å²) in [5.41, 5.74) is 6.05. The van der Waals surface area contributed by atoms with Crippen LogP contribution in [-0.2, 0) is 4.74 Å². The Morgan fingerprint density at radius 2 is 1.81 bits per heavy atom. The summed E-state index contributed by atoms with van der Waals surface area (Å²) in [6, 6.07) is 0. The van der Waals surface area contributed by atoms with Crippen molar-refractivity contribution in [2.24, 2.45) is 16.6 Å². The molecule has 0 unspecified atom stereocenters. The molecule has 2 aliphatic rings. The number of likely N-dealkylation sites (tertiary alicyclic amines) is 1. The zero-order valence-electron chi connectivity index (χ0n) is 13.4. The Balaban J connectivity index is 0.00000220. The van der Waals surface area contributed by atoms with Crippen molar-refractivity contribution in [3.8, 4) is 0 Å². The van der Waals surface area contributed by atoms with Gasteiger partial charge in [-0.05, 0) is 38.0 Å². The minimum Gasteiger partial charge on any atom is -0.378 e. The van der Waals surface area contributed by atoms with Crippen LogP contribution in [0.5, 0.6) is 0 Å². The smallest absolute Gasteiger partial charge is 0.191 e. The highest BCUT2D eigenvalue weighted by atomic mass is 127. The van der Waals surface area contributed by atoms with E-state index in [-0.39, 0.29) is 24.0 Å². The van der Waals surface area contributed by atoms with E-state index in [1.807, 2.05) is 0 Å². The van der Waals surface area contributed by atoms with Crippen LogP contribution in [0.25, 0.3) is 0 Å². The van der Waals surface area contributed by atoms with Crippen LogP contribution in [-0.4, -0.2) is 43.2 Å². The maximum Gasteiger partial charge on any atom is 0.191 e. The summed E-state index contributed by atoms with van der Waals surface area (Å²) in [5.74, 6) is 1.57. The maximum absolute atomic E-state index is 6.05. The molecule has 2 fully saturated rings. The van der Waals surface area contributed by atoms with Crippen molar-refractivity contribution in [3.05, 3.63) is 0 Å². The Morgan fingerprint density at radius 3 is 2.48 bits per heavy atom. The molecule has 0 aromatic rings. The molecule has 21 heavy (non-hydrogen) atoms. The van der Waals surface area contributed by atoms with E-state index in [0.29, 0.717) is 6.10 Å². The summed E-state index contributed by atoms with van der Waals surface area (Å²) < 4.78 is 5.90. The average Bonchev–Trinajstić information content (AvgIpc) is 2.48. The quantitative estimate of drug-likeness (QED) is 0.328. The summed E-state index contributed by atoms with van der Waals surface area (Å²) in [6.45, 7) is 6.07. The first kappa shape index (κ1) is 19.0. The monoisotopic (exact) mass is 409 g/mol. The number of hydrogen-bond donors (Lipinski definition) is 1. The predicted octanol–water partition coefficient (Wildman–Crippen LogP) is 3.39. The molecule has 0 atom stereocenters. The minimum absolute atomic E-state index is 0. The third-order valence-corrected chi connectivity index (χ3v) is 4.59. The number of aliphatic imine (C=N–C) groups is 1. The van der Waals surface area contributed by atoms with Gasteiger partial charge in [0.1, 0.15) is 0 Å². The van der Waals surface area contributed by atoms with Crippen LogP contribution in [0.3, 0.4) is 0 Å². The van der Waals surface area contributed by atoms with Gasteiger partial charge in [-0.15, -0.1) is 24.0 Å². The molecule has 0 aromatic heterocycles. The minimum atomic E-state index is 0. The second-order valence-electron chi connectivity index (χ2n) is 6.39. The molecular formula is C16H32IN3O. The standard InChI is InChI=1S/C16H31N3O.HI/c1-14-8-11-19(12-9-14)16(17)18-10-5-13-20-15-6-3-2-4-7-15;/h14-15H,2-13H2,1H3,(H2,17,18);1H. The number of hydrogen-bond acceptors (Lipinski definition) is 2. The molecule has 0 radical (unpaired) electrons. The van der Waals surface area contributed by atoms with Gasteiger partial charge in [0, 0.05) is 26.2 Å². The molecule has 124 valence electrons. The molecule has 0 spiro atoms. The molecule has 1 aliphatic heterocycles. The first-order valence-corrected chi connectivity index (χ1v) is 8.42. The summed E-state index contributed by atoms with van der Waals surface area (Å²) >= 11 is 0. The van der Waals surface area contributed by atoms with E-state index >= 15 is 0 Å². The summed E-state index contributed by atoms with van der Waals surface area (Å²) in [4.78, 5) is 6.72. The molecule has 4 nitrogen and oxygen atoms in total. The van der Waals surface area contributed by atoms with Gasteiger partial charge in [-0.1, -0.05) is 26.2 Å². The van der Waals surface area contributed by atoms with E-state index in [0.717, 1.165) is 44.5 Å². The van der Waals surface area contributed by atoms with Crippen molar-refractivity contribution in [1.29, 1.82) is 0 Å². The Bertz CT molecular complexity index is 298. The third-order valence-electron chi connectivity index (χ3n) is 4.59. The van der Waals surface area contributed by atoms with Crippen molar-refractivity contribution < 1.29 is 4.74 Å². The lowest BCUT2D eigenvalue weighted by molar-refractivity contribution is 0.0281. The highest BCUT2D eigenvalue weighted by molar-refractivity contribution is 14.0. The van der Waals surface area contributed by atoms with Crippen LogP contribution in [0.15, 0.2) is 4.99 Å². The Hall–Kier alpha value is -0.0400. The van der Waals surface area contributed by atoms with Gasteiger partial charge >= 0.3 is 0 Å². The zero-order valence-corrected chi connectivity index (χ0v) is 15.8. The summed E-state index contributed by atoms with van der Waals surface area (Å²) in [7, 11) is 0. The van der Waals surface area contributed by atoms with E-state index in [9.17, 15) is 0 Å². The summed E-state index contributed by atoms with van der Waals surface area (Å²) in [5, 5.41) is 0. The first-order chi connectivity index (χ1) is 9.75. The van der Waals surface area contributed by atoms with Crippen LogP contribution >= 0.6 is 24.0 Å². The molecule has 1 saturated carbocycles. The molecular weight excluding hydrogens is 377 g/mol. The number of piperidine rings is 1. The number of nitrogens with two attached hydrogens (primary N) is 1. The second kappa shape index (κ2) is 10.6. The Kier molecular flexibility index (Phi) is 9.64. The molecule has 1 aliphatic carbocycles. The van der Waals surface area contributed by atoms with Crippen LogP contribution in [0.4, 0.5) is 0 Å². The molecule has 5 heteroatoms. The molecule has 2 rings (SSSR count). The molecule has 0 bridgehead atoms. The van der Waals surface area contributed by atoms with Gasteiger partial charge in [0.2, 0.25) is 0 Å². The van der Waals surface area contributed by atoms with Crippen LogP contribution in [0.2, 0.25) is 0 Å². The van der Waals surface area contributed by atoms with Crippen LogP contribution in [0.1, 0.15) is 58.3 Å². The van der Waals surface area contributed by atoms with Gasteiger partial charge in [-0.3, -0.25) is 4.99 Å². The van der Waals surface area contributed by atoms with Gasteiger partial charge < -0.3 is 15.4 Å². The van der Waals surface area contributed by atoms with Crippen molar-refractivity contribution in [2.45, 2.75) is 64.4 Å². The van der Waals surface area contributed by atoms with Gasteiger partial charge in [0.25, 0.3) is 0 Å². The van der Waals surface area contributed by atoms with E-state index < -0.39 is 0 Å². The lowest BCUT2D eigenvalue weighted by Crippen LogP contribution is -2.42. The number of nitrogens with zero attached hydrogens (tertiary/aromatic N) is 2. The number of ether oxygens (including phenoxy) is 1. The fourth-order valence-corrected chi connectivity index (χ4v) is 3.08. The summed E-state index contributed by atoms with van der Waals surface area (Å²) in [6.07, 6.45) is 10.5. The van der Waals surface area contributed by atoms with Crippen molar-refractivity contribution in [1.82, 2.24) is 4.90 Å². The van der Waals surface area contributed by atoms with E-state index in [2.05, 4.69) is 16.8 Å². The fraction of sp³-hybridized carbons (Fsp3) is 0.938. The maximum atomic E-state index is 6.05. The van der Waals surface area contributed by atoms with Crippen LogP contribution < -0.4 is 5.73 Å². The van der Waals surface area contributed by atoms with Gasteiger partial charge in [0.15, 0.2) is 5.96 Å². The van der Waals surface area contributed by atoms with Crippen molar-refractivity contribution >= 4 is 29.9 Å². The van der Waals surface area contributed by atoms with Gasteiger partial charge in [-0.2, -0.15) is 0 Å². The zero-order chi connectivity index (χ0) is 14.2. The SMILES string of the molecule is CC1CCN(C(N)=NCCCOC2CCCCC2)CC1.I. The average molecular weight is 409 g/mol. The van der Waals surface area contributed by atoms with Crippen molar-refractivity contribution in [2.75, 3.05) is 26.2 Å². The molecule has 2 N–H and O–H groups in total. The van der Waals surface area contributed by atoms with E-state index in [1.54, 1.807) is 0 Å². The van der Waals surface area contributed by atoms with Gasteiger partial charge in [-0.25, -0.2) is 0 Å². The number of halogens is 1. The van der Waals surface area contributed by atoms with E-state index in [1.165, 1.54) is 44.9 Å². The van der Waals surface area contributed by atoms with Gasteiger partial charge in [0.05, 0.1) is 6.10 Å². The lowest BCUT2D eigenvalue weighted by atomic mass is 9.98. The topological polar surface area (TPSA) is 50.8 Å². The second-order valence-corrected chi connectivity index (χ2v) is 6.39. The molecule has 0 amide bonds. The van der Waals surface area contributed by atoms with Crippen molar-refractivity contribution in [3.63, 3.8) is 0 Å². The third kappa shape index (κ3) is 7.17. The molecule has 1 heterocycles. The molecule has 1 saturated heterocycles. The molecule has 0 aromatic carbocycles.